The van der Waals surface area contributed by atoms with Crippen LogP contribution in [0.4, 0.5) is 5.69 Å². The summed E-state index contributed by atoms with van der Waals surface area (Å²) in [6, 6.07) is 10.0. The largest absolute Gasteiger partial charge is 0.497 e. The number of hydrogen-bond acceptors (Lipinski definition) is 4. The van der Waals surface area contributed by atoms with E-state index in [4.69, 9.17) is 4.74 Å². The molecule has 6 heteroatoms. The summed E-state index contributed by atoms with van der Waals surface area (Å²) in [4.78, 5) is 17.2. The van der Waals surface area contributed by atoms with Gasteiger partial charge in [0.05, 0.1) is 12.8 Å². The van der Waals surface area contributed by atoms with Gasteiger partial charge >= 0.3 is 0 Å². The number of amides is 1. The monoisotopic (exact) mass is 356 g/mol. The first-order valence-electron chi connectivity index (χ1n) is 9.22. The van der Waals surface area contributed by atoms with Crippen molar-refractivity contribution in [3.63, 3.8) is 0 Å². The Bertz CT molecular complexity index is 769. The Morgan fingerprint density at radius 1 is 1.15 bits per heavy atom. The molecular formula is C20H28N4O2. The van der Waals surface area contributed by atoms with Crippen molar-refractivity contribution >= 4 is 11.6 Å². The van der Waals surface area contributed by atoms with Crippen LogP contribution in [0.1, 0.15) is 42.4 Å². The van der Waals surface area contributed by atoms with Gasteiger partial charge in [-0.05, 0) is 30.5 Å². The van der Waals surface area contributed by atoms with Crippen LogP contribution >= 0.6 is 0 Å². The maximum Gasteiger partial charge on any atom is 0.272 e. The molecule has 26 heavy (non-hydrogen) atoms. The number of methoxy groups -OCH3 is 1. The van der Waals surface area contributed by atoms with Gasteiger partial charge in [0.15, 0.2) is 0 Å². The van der Waals surface area contributed by atoms with Gasteiger partial charge in [-0.2, -0.15) is 5.10 Å². The van der Waals surface area contributed by atoms with Crippen molar-refractivity contribution in [1.82, 2.24) is 14.7 Å². The lowest BCUT2D eigenvalue weighted by Crippen LogP contribution is -2.36. The average molecular weight is 356 g/mol. The summed E-state index contributed by atoms with van der Waals surface area (Å²) >= 11 is 0. The van der Waals surface area contributed by atoms with Crippen LogP contribution in [0.5, 0.6) is 5.75 Å². The lowest BCUT2D eigenvalue weighted by atomic mass is 10.1. The van der Waals surface area contributed by atoms with Gasteiger partial charge in [0.25, 0.3) is 5.91 Å². The Balaban J connectivity index is 1.71. The van der Waals surface area contributed by atoms with Gasteiger partial charge in [-0.1, -0.05) is 19.9 Å². The minimum Gasteiger partial charge on any atom is -0.497 e. The Morgan fingerprint density at radius 3 is 2.65 bits per heavy atom. The fourth-order valence-corrected chi connectivity index (χ4v) is 3.32. The number of carbonyl (C=O) groups is 1. The van der Waals surface area contributed by atoms with Crippen LogP contribution in [0, 0.1) is 0 Å². The van der Waals surface area contributed by atoms with Crippen molar-refractivity contribution in [3.8, 4) is 5.75 Å². The third-order valence-electron chi connectivity index (χ3n) is 4.91. The van der Waals surface area contributed by atoms with Crippen LogP contribution < -0.4 is 9.64 Å². The van der Waals surface area contributed by atoms with Crippen molar-refractivity contribution < 1.29 is 9.53 Å². The molecule has 0 bridgehead atoms. The van der Waals surface area contributed by atoms with E-state index in [2.05, 4.69) is 29.9 Å². The van der Waals surface area contributed by atoms with Crippen molar-refractivity contribution in [1.29, 1.82) is 0 Å². The molecule has 1 aliphatic heterocycles. The van der Waals surface area contributed by atoms with Crippen molar-refractivity contribution in [3.05, 3.63) is 41.7 Å². The van der Waals surface area contributed by atoms with E-state index in [-0.39, 0.29) is 5.91 Å². The van der Waals surface area contributed by atoms with E-state index < -0.39 is 0 Å². The summed E-state index contributed by atoms with van der Waals surface area (Å²) in [6.45, 7) is 7.40. The third-order valence-corrected chi connectivity index (χ3v) is 4.91. The van der Waals surface area contributed by atoms with Gasteiger partial charge < -0.3 is 14.5 Å². The fourth-order valence-electron chi connectivity index (χ4n) is 3.32. The Morgan fingerprint density at radius 2 is 1.96 bits per heavy atom. The second-order valence-corrected chi connectivity index (χ2v) is 7.07. The second-order valence-electron chi connectivity index (χ2n) is 7.07. The summed E-state index contributed by atoms with van der Waals surface area (Å²) in [5.41, 5.74) is 2.77. The number of anilines is 1. The summed E-state index contributed by atoms with van der Waals surface area (Å²) in [5, 5.41) is 4.48. The highest BCUT2D eigenvalue weighted by molar-refractivity contribution is 5.92. The standard InChI is InChI=1S/C20H28N4O2/c1-15(2)18-14-19(22(3)21-18)20(25)24-10-6-9-23(11-12-24)16-7-5-8-17(13-16)26-4/h5,7-8,13-15H,6,9-12H2,1-4H3. The van der Waals surface area contributed by atoms with E-state index in [1.165, 1.54) is 0 Å². The van der Waals surface area contributed by atoms with Crippen LogP contribution in [-0.4, -0.2) is 53.9 Å². The number of ether oxygens (including phenoxy) is 1. The molecule has 1 amide bonds. The smallest absolute Gasteiger partial charge is 0.272 e. The maximum atomic E-state index is 13.0. The number of benzene rings is 1. The SMILES string of the molecule is COc1cccc(N2CCCN(C(=O)c3cc(C(C)C)nn3C)CC2)c1. The molecule has 3 rings (SSSR count). The first-order chi connectivity index (χ1) is 12.5. The summed E-state index contributed by atoms with van der Waals surface area (Å²) in [6.07, 6.45) is 0.942. The molecule has 2 aromatic rings. The molecule has 1 aliphatic rings. The average Bonchev–Trinajstić information content (AvgIpc) is 2.88. The van der Waals surface area contributed by atoms with E-state index in [0.29, 0.717) is 18.2 Å². The van der Waals surface area contributed by atoms with Gasteiger partial charge in [0.1, 0.15) is 11.4 Å². The van der Waals surface area contributed by atoms with Crippen LogP contribution in [0.25, 0.3) is 0 Å². The van der Waals surface area contributed by atoms with E-state index >= 15 is 0 Å². The van der Waals surface area contributed by atoms with Crippen LogP contribution in [0.2, 0.25) is 0 Å². The van der Waals surface area contributed by atoms with Crippen molar-refractivity contribution in [2.75, 3.05) is 38.2 Å². The third kappa shape index (κ3) is 3.84. The zero-order valence-electron chi connectivity index (χ0n) is 16.1. The molecule has 6 nitrogen and oxygen atoms in total. The summed E-state index contributed by atoms with van der Waals surface area (Å²) in [7, 11) is 3.53. The predicted molar refractivity (Wildman–Crippen MR) is 103 cm³/mol. The highest BCUT2D eigenvalue weighted by atomic mass is 16.5. The van der Waals surface area contributed by atoms with Crippen LogP contribution in [0.15, 0.2) is 30.3 Å². The molecule has 1 saturated heterocycles. The van der Waals surface area contributed by atoms with Crippen LogP contribution in [-0.2, 0) is 7.05 Å². The highest BCUT2D eigenvalue weighted by Crippen LogP contribution is 2.23. The Hall–Kier alpha value is -2.50. The molecule has 0 saturated carbocycles. The first kappa shape index (κ1) is 18.3. The molecule has 1 aromatic heterocycles. The topological polar surface area (TPSA) is 50.6 Å². The van der Waals surface area contributed by atoms with E-state index in [1.807, 2.05) is 36.2 Å². The number of carbonyl (C=O) groups excluding carboxylic acids is 1. The van der Waals surface area contributed by atoms with E-state index in [0.717, 1.165) is 43.2 Å². The minimum absolute atomic E-state index is 0.0689. The van der Waals surface area contributed by atoms with Gasteiger partial charge in [-0.3, -0.25) is 9.48 Å². The van der Waals surface area contributed by atoms with E-state index in [1.54, 1.807) is 11.8 Å². The minimum atomic E-state index is 0.0689. The van der Waals surface area contributed by atoms with E-state index in [9.17, 15) is 4.79 Å². The molecule has 1 aromatic carbocycles. The quantitative estimate of drug-likeness (QED) is 0.845. The second kappa shape index (κ2) is 7.81. The zero-order chi connectivity index (χ0) is 18.7. The number of aryl methyl sites for hydroxylation is 1. The molecule has 0 N–H and O–H groups in total. The molecule has 0 aliphatic carbocycles. The molecular weight excluding hydrogens is 328 g/mol. The molecule has 0 radical (unpaired) electrons. The molecule has 140 valence electrons. The Kier molecular flexibility index (Phi) is 5.49. The number of aromatic nitrogens is 2. The lowest BCUT2D eigenvalue weighted by molar-refractivity contribution is 0.0756. The van der Waals surface area contributed by atoms with Gasteiger partial charge in [-0.15, -0.1) is 0 Å². The maximum absolute atomic E-state index is 13.0. The van der Waals surface area contributed by atoms with Gasteiger partial charge in [0, 0.05) is 45.0 Å². The van der Waals surface area contributed by atoms with Crippen molar-refractivity contribution in [2.45, 2.75) is 26.2 Å². The normalized spacial score (nSPS) is 15.3. The summed E-state index contributed by atoms with van der Waals surface area (Å²) < 4.78 is 7.04. The van der Waals surface area contributed by atoms with Crippen molar-refractivity contribution in [2.24, 2.45) is 7.05 Å². The van der Waals surface area contributed by atoms with Gasteiger partial charge in [-0.25, -0.2) is 0 Å². The number of hydrogen-bond donors (Lipinski definition) is 0. The predicted octanol–water partition coefficient (Wildman–Crippen LogP) is 2.90. The van der Waals surface area contributed by atoms with Gasteiger partial charge in [0.2, 0.25) is 0 Å². The fraction of sp³-hybridized carbons (Fsp3) is 0.500. The number of rotatable bonds is 4. The molecule has 0 unspecified atom stereocenters. The molecule has 2 heterocycles. The lowest BCUT2D eigenvalue weighted by Gasteiger charge is -2.24. The number of nitrogens with zero attached hydrogens (tertiary/aromatic N) is 4. The first-order valence-corrected chi connectivity index (χ1v) is 9.22. The van der Waals surface area contributed by atoms with Crippen LogP contribution in [0.3, 0.4) is 0 Å². The molecule has 0 spiro atoms. The highest BCUT2D eigenvalue weighted by Gasteiger charge is 2.24. The zero-order valence-corrected chi connectivity index (χ0v) is 16.1. The molecule has 0 atom stereocenters. The summed E-state index contributed by atoms with van der Waals surface area (Å²) in [5.74, 6) is 1.24. The Labute approximate surface area is 155 Å². The molecule has 1 fully saturated rings.